The second-order valence-corrected chi connectivity index (χ2v) is 18.8. The molecule has 0 saturated heterocycles. The van der Waals surface area contributed by atoms with Gasteiger partial charge < -0.3 is 31.7 Å². The van der Waals surface area contributed by atoms with Crippen LogP contribution in [-0.2, 0) is 6.42 Å². The van der Waals surface area contributed by atoms with Crippen LogP contribution in [0.5, 0.6) is 5.75 Å². The first-order valence-corrected chi connectivity index (χ1v) is 21.5. The van der Waals surface area contributed by atoms with Gasteiger partial charge in [0.1, 0.15) is 5.75 Å². The minimum atomic E-state index is -0.635. The highest BCUT2D eigenvalue weighted by atomic mass is 32.1. The van der Waals surface area contributed by atoms with Gasteiger partial charge in [-0.1, -0.05) is 36.3 Å². The van der Waals surface area contributed by atoms with E-state index in [9.17, 15) is 20.1 Å². The first-order valence-electron chi connectivity index (χ1n) is 19.8. The number of benzene rings is 1. The van der Waals surface area contributed by atoms with Crippen molar-refractivity contribution in [2.24, 2.45) is 45.2 Å². The molecule has 3 heterocycles. The highest BCUT2D eigenvalue weighted by Gasteiger charge is 2.63. The largest absolute Gasteiger partial charge is 0.507 e. The summed E-state index contributed by atoms with van der Waals surface area (Å²) in [6.45, 7) is 3.76. The maximum Gasteiger partial charge on any atom is 0.188 e. The van der Waals surface area contributed by atoms with E-state index >= 15 is 0 Å². The Hall–Kier alpha value is -4.06. The molecule has 3 aromatic rings. The summed E-state index contributed by atoms with van der Waals surface area (Å²) in [7, 11) is 1.69. The van der Waals surface area contributed by atoms with Crippen molar-refractivity contribution in [2.75, 3.05) is 19.0 Å². The summed E-state index contributed by atoms with van der Waals surface area (Å²) < 4.78 is 0. The maximum atomic E-state index is 15.0. The summed E-state index contributed by atoms with van der Waals surface area (Å²) in [5.74, 6) is 14.6. The third-order valence-corrected chi connectivity index (χ3v) is 16.0. The fourth-order valence-corrected chi connectivity index (χ4v) is 13.3. The molecule has 3 bridgehead atoms. The predicted octanol–water partition coefficient (Wildman–Crippen LogP) is 7.42. The number of hydrogen-bond acceptors (Lipinski definition) is 8. The van der Waals surface area contributed by atoms with Gasteiger partial charge >= 0.3 is 0 Å². The van der Waals surface area contributed by atoms with Crippen molar-refractivity contribution in [3.8, 4) is 39.2 Å². The standard InChI is InChI=1S/C45H52N4O4S2/c1-4-7-31-12-16-38(54-31)39-17-18-40(55-39)42(53)34-14-11-27-22-44(34)23-29(45(25-44)19-6-9-30(45)24-50)8-5-10-32-28(20-36(27)49-43(46)47-3)21-37(52)33-13-15-35(26(2)51)48-41(32)33/h12-13,15-18,21,26-27,29-30,34-36,48,50-52H,6,8-9,11,14,19-20,22-25H2,1-3H3,(H3,46,47,49). The van der Waals surface area contributed by atoms with Gasteiger partial charge in [-0.15, -0.1) is 28.6 Å². The number of nitrogens with one attached hydrogen (secondary N) is 2. The monoisotopic (exact) mass is 776 g/mol. The average Bonchev–Trinajstić information content (AvgIpc) is 3.99. The molecule has 2 aromatic heterocycles. The summed E-state index contributed by atoms with van der Waals surface area (Å²) in [4.78, 5) is 23.4. The Labute approximate surface area is 332 Å². The van der Waals surface area contributed by atoms with E-state index in [1.165, 1.54) is 0 Å². The smallest absolute Gasteiger partial charge is 0.188 e. The van der Waals surface area contributed by atoms with Crippen molar-refractivity contribution >= 4 is 46.2 Å². The van der Waals surface area contributed by atoms with Crippen LogP contribution in [0.3, 0.4) is 0 Å². The van der Waals surface area contributed by atoms with Gasteiger partial charge in [0.05, 0.1) is 33.2 Å². The molecular formula is C45H52N4O4S2. The molecule has 8 rings (SSSR count). The van der Waals surface area contributed by atoms with Gasteiger partial charge in [-0.2, -0.15) is 0 Å². The Balaban J connectivity index is 1.22. The second-order valence-electron chi connectivity index (χ2n) is 16.7. The molecule has 8 nitrogen and oxygen atoms in total. The Morgan fingerprint density at radius 3 is 2.78 bits per heavy atom. The van der Waals surface area contributed by atoms with E-state index in [4.69, 9.17) is 5.73 Å². The van der Waals surface area contributed by atoms with Crippen molar-refractivity contribution < 1.29 is 20.1 Å². The van der Waals surface area contributed by atoms with Gasteiger partial charge in [0.2, 0.25) is 0 Å². The number of thiophene rings is 2. The molecule has 1 aromatic carbocycles. The molecule has 0 radical (unpaired) electrons. The van der Waals surface area contributed by atoms with E-state index < -0.39 is 6.10 Å². The molecule has 4 aliphatic carbocycles. The summed E-state index contributed by atoms with van der Waals surface area (Å²) in [5.41, 5.74) is 9.28. The van der Waals surface area contributed by atoms with Crippen LogP contribution in [-0.4, -0.2) is 58.9 Å². The number of fused-ring (bicyclic) bond motifs is 6. The highest BCUT2D eigenvalue weighted by Crippen LogP contribution is 2.69. The van der Waals surface area contributed by atoms with E-state index in [2.05, 4.69) is 57.5 Å². The molecule has 7 N–H and O–H groups in total. The van der Waals surface area contributed by atoms with Gasteiger partial charge in [-0.05, 0) is 130 Å². The van der Waals surface area contributed by atoms with Crippen molar-refractivity contribution in [2.45, 2.75) is 96.2 Å². The van der Waals surface area contributed by atoms with Crippen LogP contribution in [0.25, 0.3) is 15.8 Å². The van der Waals surface area contributed by atoms with Crippen LogP contribution in [0.15, 0.2) is 41.4 Å². The van der Waals surface area contributed by atoms with Crippen LogP contribution in [0, 0.1) is 58.2 Å². The number of anilines is 1. The topological polar surface area (TPSA) is 140 Å². The number of Topliss-reactive ketones (excluding diaryl/α,β-unsaturated/α-hetero) is 1. The predicted molar refractivity (Wildman–Crippen MR) is 223 cm³/mol. The van der Waals surface area contributed by atoms with Crippen LogP contribution < -0.4 is 16.4 Å². The summed E-state index contributed by atoms with van der Waals surface area (Å²) in [6.07, 6.45) is 11.8. The van der Waals surface area contributed by atoms with Crippen molar-refractivity contribution in [1.29, 1.82) is 0 Å². The molecule has 288 valence electrons. The highest BCUT2D eigenvalue weighted by molar-refractivity contribution is 7.23. The van der Waals surface area contributed by atoms with Gasteiger partial charge in [-0.3, -0.25) is 9.79 Å². The minimum absolute atomic E-state index is 0.0886. The number of aromatic hydroxyl groups is 1. The zero-order chi connectivity index (χ0) is 38.5. The van der Waals surface area contributed by atoms with E-state index in [1.54, 1.807) is 36.6 Å². The molecule has 3 saturated carbocycles. The lowest BCUT2D eigenvalue weighted by Crippen LogP contribution is -2.50. The maximum absolute atomic E-state index is 15.0. The van der Waals surface area contributed by atoms with Gasteiger partial charge in [-0.25, -0.2) is 0 Å². The van der Waals surface area contributed by atoms with E-state index in [-0.39, 0.29) is 64.7 Å². The number of phenolic OH excluding ortho intramolecular Hbond substituents is 1. The van der Waals surface area contributed by atoms with E-state index in [1.807, 2.05) is 31.2 Å². The number of carbonyl (C=O) groups excluding carboxylic acids is 1. The number of phenols is 1. The molecule has 55 heavy (non-hydrogen) atoms. The van der Waals surface area contributed by atoms with E-state index in [0.29, 0.717) is 24.4 Å². The number of ketones is 1. The van der Waals surface area contributed by atoms with Crippen LogP contribution >= 0.6 is 22.7 Å². The number of nitrogens with two attached hydrogens (primary N) is 1. The van der Waals surface area contributed by atoms with Gasteiger partial charge in [0, 0.05) is 47.4 Å². The summed E-state index contributed by atoms with van der Waals surface area (Å²) >= 11 is 3.26. The average molecular weight is 777 g/mol. The number of guanidine groups is 1. The lowest BCUT2D eigenvalue weighted by molar-refractivity contribution is 0.0241. The number of carbonyl (C=O) groups is 1. The molecule has 9 atom stereocenters. The van der Waals surface area contributed by atoms with Crippen LogP contribution in [0.4, 0.5) is 5.69 Å². The van der Waals surface area contributed by atoms with Crippen LogP contribution in [0.2, 0.25) is 0 Å². The summed E-state index contributed by atoms with van der Waals surface area (Å²) in [5, 5.41) is 39.9. The van der Waals surface area contributed by atoms with E-state index in [0.717, 1.165) is 87.7 Å². The summed E-state index contributed by atoms with van der Waals surface area (Å²) in [6, 6.07) is 9.69. The number of nitrogens with zero attached hydrogens (tertiary/aromatic N) is 1. The van der Waals surface area contributed by atoms with Crippen molar-refractivity contribution in [3.63, 3.8) is 0 Å². The van der Waals surface area contributed by atoms with Crippen LogP contribution in [0.1, 0.15) is 103 Å². The Bertz CT molecular complexity index is 2160. The number of aliphatic hydroxyl groups is 2. The molecule has 10 heteroatoms. The fourth-order valence-electron chi connectivity index (χ4n) is 11.3. The molecular weight excluding hydrogens is 725 g/mol. The first kappa shape index (κ1) is 37.8. The molecule has 5 aliphatic rings. The molecule has 3 fully saturated rings. The zero-order valence-corrected chi connectivity index (χ0v) is 33.6. The third-order valence-electron chi connectivity index (χ3n) is 13.7. The molecule has 1 aliphatic heterocycles. The Kier molecular flexibility index (Phi) is 10.4. The number of aliphatic imine (C=N–C) groups is 1. The number of aliphatic hydroxyl groups excluding tert-OH is 2. The zero-order valence-electron chi connectivity index (χ0n) is 32.0. The Morgan fingerprint density at radius 1 is 1.18 bits per heavy atom. The molecule has 0 amide bonds. The first-order chi connectivity index (χ1) is 26.6. The number of rotatable bonds is 6. The van der Waals surface area contributed by atoms with Gasteiger partial charge in [0.25, 0.3) is 0 Å². The lowest BCUT2D eigenvalue weighted by Gasteiger charge is -2.48. The second kappa shape index (κ2) is 15.1. The quantitative estimate of drug-likeness (QED) is 0.0663. The molecule has 2 spiro atoms. The SMILES string of the molecule is CC#Cc1ccc(-c2ccc(C(=O)C3CCC4CC35CC(CC#Cc3c(cc(O)c6c3NC(C(C)O)C=C6)CC4NC(N)=NC)C3(CCCC3CO)C5)s2)s1. The number of hydrogen-bond donors (Lipinski definition) is 6. The normalized spacial score (nSPS) is 31.4. The fraction of sp³-hybridized carbons (Fsp3) is 0.511. The Morgan fingerprint density at radius 2 is 2.00 bits per heavy atom. The third kappa shape index (κ3) is 6.80. The lowest BCUT2D eigenvalue weighted by atomic mass is 9.57. The van der Waals surface area contributed by atoms with Crippen molar-refractivity contribution in [3.05, 3.63) is 62.9 Å². The van der Waals surface area contributed by atoms with Gasteiger partial charge in [0.15, 0.2) is 11.7 Å². The minimum Gasteiger partial charge on any atom is -0.507 e. The molecule has 9 unspecified atom stereocenters. The van der Waals surface area contributed by atoms with Crippen molar-refractivity contribution in [1.82, 2.24) is 5.32 Å².